The molecule has 152 valence electrons. The molecule has 4 amide bonds. The normalized spacial score (nSPS) is 18.3. The molecule has 2 heterocycles. The van der Waals surface area contributed by atoms with E-state index in [0.29, 0.717) is 20.9 Å². The largest absolute Gasteiger partial charge is 0.507 e. The highest BCUT2D eigenvalue weighted by atomic mass is 32.2. The van der Waals surface area contributed by atoms with Crippen LogP contribution in [-0.2, 0) is 9.59 Å². The van der Waals surface area contributed by atoms with E-state index in [9.17, 15) is 29.4 Å². The monoisotopic (exact) mass is 442 g/mol. The zero-order valence-corrected chi connectivity index (χ0v) is 16.8. The van der Waals surface area contributed by atoms with Crippen LogP contribution in [0.3, 0.4) is 0 Å². The molecule has 2 saturated heterocycles. The maximum Gasteiger partial charge on any atom is 0.290 e. The Bertz CT molecular complexity index is 1020. The Hall–Kier alpha value is -3.50. The summed E-state index contributed by atoms with van der Waals surface area (Å²) in [6, 6.07) is 13.2. The van der Waals surface area contributed by atoms with E-state index in [2.05, 4.69) is 10.6 Å². The molecule has 0 aromatic heterocycles. The summed E-state index contributed by atoms with van der Waals surface area (Å²) in [4.78, 5) is 44.7. The minimum absolute atomic E-state index is 0.0812. The fourth-order valence-electron chi connectivity index (χ4n) is 2.34. The van der Waals surface area contributed by atoms with Crippen LogP contribution in [0, 0.1) is 0 Å². The van der Waals surface area contributed by atoms with Gasteiger partial charge in [0.2, 0.25) is 0 Å². The summed E-state index contributed by atoms with van der Waals surface area (Å²) in [6.45, 7) is 0. The van der Waals surface area contributed by atoms with Crippen LogP contribution >= 0.6 is 23.5 Å². The van der Waals surface area contributed by atoms with Crippen LogP contribution in [0.1, 0.15) is 11.1 Å². The van der Waals surface area contributed by atoms with E-state index in [1.165, 1.54) is 24.3 Å². The second-order valence-corrected chi connectivity index (χ2v) is 7.85. The van der Waals surface area contributed by atoms with Crippen LogP contribution in [-0.4, -0.2) is 32.5 Å². The van der Waals surface area contributed by atoms with Gasteiger partial charge in [-0.2, -0.15) is 0 Å². The maximum absolute atomic E-state index is 11.2. The summed E-state index contributed by atoms with van der Waals surface area (Å²) in [5, 5.41) is 22.4. The lowest BCUT2D eigenvalue weighted by molar-refractivity contribution is -0.116. The van der Waals surface area contributed by atoms with Crippen LogP contribution in [0.5, 0.6) is 11.5 Å². The molecular weight excluding hydrogens is 428 g/mol. The summed E-state index contributed by atoms with van der Waals surface area (Å²) in [7, 11) is 0. The van der Waals surface area contributed by atoms with Crippen LogP contribution in [0.25, 0.3) is 12.2 Å². The molecule has 8 nitrogen and oxygen atoms in total. The average molecular weight is 442 g/mol. The molecule has 10 heteroatoms. The molecule has 0 saturated carbocycles. The number of para-hydroxylation sites is 2. The van der Waals surface area contributed by atoms with Crippen molar-refractivity contribution in [2.24, 2.45) is 0 Å². The summed E-state index contributed by atoms with van der Waals surface area (Å²) in [5.41, 5.74) is 1.04. The van der Waals surface area contributed by atoms with Crippen molar-refractivity contribution in [3.8, 4) is 11.5 Å². The van der Waals surface area contributed by atoms with Crippen LogP contribution in [0.2, 0.25) is 0 Å². The van der Waals surface area contributed by atoms with Gasteiger partial charge >= 0.3 is 0 Å². The van der Waals surface area contributed by atoms with Crippen molar-refractivity contribution in [1.82, 2.24) is 10.6 Å². The molecule has 0 bridgehead atoms. The highest BCUT2D eigenvalue weighted by Crippen LogP contribution is 2.29. The van der Waals surface area contributed by atoms with Crippen molar-refractivity contribution in [1.29, 1.82) is 0 Å². The minimum Gasteiger partial charge on any atom is -0.507 e. The number of carbonyl (C=O) groups is 4. The third-order valence-electron chi connectivity index (χ3n) is 3.73. The lowest BCUT2D eigenvalue weighted by Gasteiger charge is -1.97. The summed E-state index contributed by atoms with van der Waals surface area (Å²) in [6.07, 6.45) is 2.97. The Morgan fingerprint density at radius 3 is 1.30 bits per heavy atom. The van der Waals surface area contributed by atoms with Gasteiger partial charge in [0.05, 0.1) is 9.81 Å². The lowest BCUT2D eigenvalue weighted by Crippen LogP contribution is -2.17. The van der Waals surface area contributed by atoms with Crippen molar-refractivity contribution < 1.29 is 29.4 Å². The first-order valence-electron chi connectivity index (χ1n) is 8.39. The maximum atomic E-state index is 11.2. The number of hydrogen-bond acceptors (Lipinski definition) is 8. The van der Waals surface area contributed by atoms with Crippen molar-refractivity contribution in [3.05, 3.63) is 69.5 Å². The van der Waals surface area contributed by atoms with Gasteiger partial charge in [-0.05, 0) is 47.8 Å². The topological polar surface area (TPSA) is 133 Å². The first-order valence-corrected chi connectivity index (χ1v) is 10.0. The summed E-state index contributed by atoms with van der Waals surface area (Å²) < 4.78 is 0. The number of thioether (sulfide) groups is 2. The average Bonchev–Trinajstić information content (AvgIpc) is 3.19. The SMILES string of the molecule is O=C1NC(=O)/C(=C/c2ccccc2O)S1.O=C1NC(=O)/C(=C/c2ccccc2O)S1. The van der Waals surface area contributed by atoms with Crippen molar-refractivity contribution in [3.63, 3.8) is 0 Å². The Kier molecular flexibility index (Phi) is 6.60. The first-order chi connectivity index (χ1) is 14.3. The zero-order valence-electron chi connectivity index (χ0n) is 15.1. The smallest absolute Gasteiger partial charge is 0.290 e. The Morgan fingerprint density at radius 2 is 1.00 bits per heavy atom. The van der Waals surface area contributed by atoms with Crippen LogP contribution in [0.4, 0.5) is 9.59 Å². The molecule has 0 unspecified atom stereocenters. The fraction of sp³-hybridized carbons (Fsp3) is 0. The molecule has 30 heavy (non-hydrogen) atoms. The number of phenols is 2. The summed E-state index contributed by atoms with van der Waals surface area (Å²) >= 11 is 1.66. The number of amides is 4. The van der Waals surface area contributed by atoms with Gasteiger partial charge in [-0.1, -0.05) is 36.4 Å². The van der Waals surface area contributed by atoms with E-state index in [4.69, 9.17) is 0 Å². The van der Waals surface area contributed by atoms with E-state index in [0.717, 1.165) is 23.5 Å². The Labute approximate surface area is 179 Å². The van der Waals surface area contributed by atoms with Crippen LogP contribution in [0.15, 0.2) is 58.3 Å². The van der Waals surface area contributed by atoms with E-state index >= 15 is 0 Å². The summed E-state index contributed by atoms with van der Waals surface area (Å²) in [5.74, 6) is -0.683. The number of rotatable bonds is 2. The van der Waals surface area contributed by atoms with Crippen molar-refractivity contribution >= 4 is 58.0 Å². The zero-order chi connectivity index (χ0) is 21.7. The second-order valence-electron chi connectivity index (χ2n) is 5.82. The molecule has 2 aromatic carbocycles. The lowest BCUT2D eigenvalue weighted by atomic mass is 10.2. The molecule has 2 aliphatic rings. The minimum atomic E-state index is -0.423. The molecule has 4 rings (SSSR count). The van der Waals surface area contributed by atoms with E-state index < -0.39 is 11.8 Å². The predicted octanol–water partition coefficient (Wildman–Crippen LogP) is 3.43. The van der Waals surface area contributed by atoms with Crippen LogP contribution < -0.4 is 10.6 Å². The third kappa shape index (κ3) is 5.31. The highest BCUT2D eigenvalue weighted by molar-refractivity contribution is 8.18. The van der Waals surface area contributed by atoms with Gasteiger partial charge in [-0.25, -0.2) is 0 Å². The number of carbonyl (C=O) groups excluding carboxylic acids is 4. The van der Waals surface area contributed by atoms with Gasteiger partial charge in [0, 0.05) is 11.1 Å². The number of benzene rings is 2. The molecule has 2 aromatic rings. The van der Waals surface area contributed by atoms with Gasteiger partial charge in [-0.15, -0.1) is 0 Å². The van der Waals surface area contributed by atoms with Gasteiger partial charge in [-0.3, -0.25) is 29.8 Å². The van der Waals surface area contributed by atoms with Crippen molar-refractivity contribution in [2.75, 3.05) is 0 Å². The van der Waals surface area contributed by atoms with Crippen molar-refractivity contribution in [2.45, 2.75) is 0 Å². The van der Waals surface area contributed by atoms with Gasteiger partial charge in [0.25, 0.3) is 22.3 Å². The number of nitrogens with one attached hydrogen (secondary N) is 2. The molecule has 0 aliphatic carbocycles. The number of hydrogen-bond donors (Lipinski definition) is 4. The quantitative estimate of drug-likeness (QED) is 0.520. The third-order valence-corrected chi connectivity index (χ3v) is 5.35. The number of aromatic hydroxyl groups is 2. The van der Waals surface area contributed by atoms with Gasteiger partial charge in [0.15, 0.2) is 0 Å². The van der Waals surface area contributed by atoms with E-state index in [-0.39, 0.29) is 22.0 Å². The highest BCUT2D eigenvalue weighted by Gasteiger charge is 2.26. The van der Waals surface area contributed by atoms with E-state index in [1.807, 2.05) is 0 Å². The molecule has 2 fully saturated rings. The van der Waals surface area contributed by atoms with Gasteiger partial charge in [0.1, 0.15) is 11.5 Å². The number of phenolic OH excluding ortho intramolecular Hbond substituents is 2. The van der Waals surface area contributed by atoms with E-state index in [1.54, 1.807) is 36.4 Å². The molecule has 0 spiro atoms. The predicted molar refractivity (Wildman–Crippen MR) is 114 cm³/mol. The number of imide groups is 2. The standard InChI is InChI=1S/2C10H7NO3S/c2*12-7-4-2-1-3-6(7)5-8-9(13)11-10(14)15-8/h2*1-5,12H,(H,11,13,14)/b2*8-5-. The fourth-order valence-corrected chi connectivity index (χ4v) is 3.69. The van der Waals surface area contributed by atoms with Gasteiger partial charge < -0.3 is 10.2 Å². The molecular formula is C20H14N2O6S2. The Balaban J connectivity index is 0.000000171. The molecule has 0 atom stereocenters. The second kappa shape index (κ2) is 9.33. The molecule has 0 radical (unpaired) electrons. The Morgan fingerprint density at radius 1 is 0.633 bits per heavy atom. The molecule has 4 N–H and O–H groups in total. The molecule has 2 aliphatic heterocycles. The first kappa shape index (κ1) is 21.2.